The van der Waals surface area contributed by atoms with Gasteiger partial charge in [0.1, 0.15) is 9.88 Å². The van der Waals surface area contributed by atoms with E-state index in [4.69, 9.17) is 23.2 Å². The molecule has 2 heterocycles. The van der Waals surface area contributed by atoms with Gasteiger partial charge in [-0.25, -0.2) is 4.79 Å². The SMILES string of the molecule is CC1(c2cccc(NC(=O)c3cc(Cl)sc3Cl)c2)NC(=O)NC1=O. The Morgan fingerprint density at radius 2 is 2.00 bits per heavy atom. The van der Waals surface area contributed by atoms with Crippen molar-refractivity contribution < 1.29 is 14.4 Å². The lowest BCUT2D eigenvalue weighted by Crippen LogP contribution is -2.40. The lowest BCUT2D eigenvalue weighted by Gasteiger charge is -2.21. The summed E-state index contributed by atoms with van der Waals surface area (Å²) in [5.41, 5.74) is 0.0839. The summed E-state index contributed by atoms with van der Waals surface area (Å²) >= 11 is 12.9. The largest absolute Gasteiger partial charge is 0.322 e. The number of hydrogen-bond donors (Lipinski definition) is 3. The molecule has 0 bridgehead atoms. The number of nitrogens with one attached hydrogen (secondary N) is 3. The van der Waals surface area contributed by atoms with Gasteiger partial charge in [-0.1, -0.05) is 35.3 Å². The zero-order valence-corrected chi connectivity index (χ0v) is 14.6. The zero-order valence-electron chi connectivity index (χ0n) is 12.3. The van der Waals surface area contributed by atoms with Crippen LogP contribution in [0.4, 0.5) is 10.5 Å². The van der Waals surface area contributed by atoms with Crippen molar-refractivity contribution in [3.63, 3.8) is 0 Å². The Labute approximate surface area is 151 Å². The molecule has 6 nitrogen and oxygen atoms in total. The molecule has 1 aromatic heterocycles. The van der Waals surface area contributed by atoms with Crippen molar-refractivity contribution in [2.75, 3.05) is 5.32 Å². The van der Waals surface area contributed by atoms with Gasteiger partial charge in [0.05, 0.1) is 9.90 Å². The van der Waals surface area contributed by atoms with Gasteiger partial charge in [0.15, 0.2) is 0 Å². The molecule has 9 heteroatoms. The van der Waals surface area contributed by atoms with E-state index in [0.29, 0.717) is 19.9 Å². The maximum Gasteiger partial charge on any atom is 0.322 e. The normalized spacial score (nSPS) is 19.8. The number of halogens is 2. The summed E-state index contributed by atoms with van der Waals surface area (Å²) in [6, 6.07) is 7.58. The molecule has 3 N–H and O–H groups in total. The lowest BCUT2D eigenvalue weighted by atomic mass is 9.92. The molecule has 3 rings (SSSR count). The first-order valence-electron chi connectivity index (χ1n) is 6.80. The first kappa shape index (κ1) is 16.8. The second kappa shape index (κ2) is 6.08. The molecule has 2 aromatic rings. The average molecular weight is 384 g/mol. The summed E-state index contributed by atoms with van der Waals surface area (Å²) in [7, 11) is 0. The van der Waals surface area contributed by atoms with Crippen LogP contribution in [0.15, 0.2) is 30.3 Å². The van der Waals surface area contributed by atoms with Crippen LogP contribution < -0.4 is 16.0 Å². The quantitative estimate of drug-likeness (QED) is 0.710. The van der Waals surface area contributed by atoms with Gasteiger partial charge in [-0.05, 0) is 30.7 Å². The van der Waals surface area contributed by atoms with Gasteiger partial charge in [0, 0.05) is 5.69 Å². The number of rotatable bonds is 3. The highest BCUT2D eigenvalue weighted by Crippen LogP contribution is 2.32. The van der Waals surface area contributed by atoms with Crippen molar-refractivity contribution in [1.82, 2.24) is 10.6 Å². The topological polar surface area (TPSA) is 87.3 Å². The molecule has 1 fully saturated rings. The predicted molar refractivity (Wildman–Crippen MR) is 92.8 cm³/mol. The van der Waals surface area contributed by atoms with Crippen LogP contribution in [0.5, 0.6) is 0 Å². The van der Waals surface area contributed by atoms with Crippen LogP contribution in [0.25, 0.3) is 0 Å². The Hall–Kier alpha value is -2.09. The molecule has 4 amide bonds. The molecule has 0 aliphatic carbocycles. The van der Waals surface area contributed by atoms with Crippen molar-refractivity contribution in [3.8, 4) is 0 Å². The Bertz CT molecular complexity index is 867. The van der Waals surface area contributed by atoms with Crippen molar-refractivity contribution in [2.24, 2.45) is 0 Å². The summed E-state index contributed by atoms with van der Waals surface area (Å²) in [4.78, 5) is 35.7. The third-order valence-electron chi connectivity index (χ3n) is 3.64. The number of urea groups is 1. The molecule has 1 aliphatic rings. The van der Waals surface area contributed by atoms with Crippen molar-refractivity contribution >= 4 is 58.1 Å². The van der Waals surface area contributed by atoms with Gasteiger partial charge in [-0.15, -0.1) is 11.3 Å². The Morgan fingerprint density at radius 3 is 2.58 bits per heavy atom. The number of thiophene rings is 1. The van der Waals surface area contributed by atoms with Gasteiger partial charge < -0.3 is 10.6 Å². The fourth-order valence-electron chi connectivity index (χ4n) is 2.35. The van der Waals surface area contributed by atoms with Crippen LogP contribution in [-0.4, -0.2) is 17.8 Å². The van der Waals surface area contributed by atoms with Crippen molar-refractivity contribution in [1.29, 1.82) is 0 Å². The van der Waals surface area contributed by atoms with E-state index >= 15 is 0 Å². The minimum absolute atomic E-state index is 0.273. The van der Waals surface area contributed by atoms with E-state index in [0.717, 1.165) is 11.3 Å². The predicted octanol–water partition coefficient (Wildman–Crippen LogP) is 3.36. The van der Waals surface area contributed by atoms with Crippen LogP contribution in [0.2, 0.25) is 8.67 Å². The molecule has 1 unspecified atom stereocenters. The first-order chi connectivity index (χ1) is 11.3. The highest BCUT2D eigenvalue weighted by Gasteiger charge is 2.43. The van der Waals surface area contributed by atoms with E-state index in [1.807, 2.05) is 0 Å². The van der Waals surface area contributed by atoms with E-state index in [1.165, 1.54) is 6.07 Å². The maximum absolute atomic E-state index is 12.3. The minimum atomic E-state index is -1.19. The number of carbonyl (C=O) groups is 3. The zero-order chi connectivity index (χ0) is 17.5. The summed E-state index contributed by atoms with van der Waals surface area (Å²) in [5, 5.41) is 7.47. The molecule has 0 spiro atoms. The van der Waals surface area contributed by atoms with Gasteiger partial charge in [0.25, 0.3) is 11.8 Å². The monoisotopic (exact) mass is 383 g/mol. The van der Waals surface area contributed by atoms with E-state index < -0.39 is 23.4 Å². The van der Waals surface area contributed by atoms with E-state index in [-0.39, 0.29) is 5.56 Å². The van der Waals surface area contributed by atoms with E-state index in [9.17, 15) is 14.4 Å². The van der Waals surface area contributed by atoms with Gasteiger partial charge in [-0.3, -0.25) is 14.9 Å². The average Bonchev–Trinajstić information content (AvgIpc) is 2.98. The molecule has 1 atom stereocenters. The van der Waals surface area contributed by atoms with Crippen LogP contribution in [0, 0.1) is 0 Å². The summed E-state index contributed by atoms with van der Waals surface area (Å²) < 4.78 is 0.708. The highest BCUT2D eigenvalue weighted by atomic mass is 35.5. The van der Waals surface area contributed by atoms with Crippen molar-refractivity contribution in [3.05, 3.63) is 50.1 Å². The number of amides is 4. The molecule has 1 aliphatic heterocycles. The lowest BCUT2D eigenvalue weighted by molar-refractivity contribution is -0.123. The smallest absolute Gasteiger partial charge is 0.322 e. The van der Waals surface area contributed by atoms with Gasteiger partial charge in [0.2, 0.25) is 0 Å². The van der Waals surface area contributed by atoms with Crippen LogP contribution >= 0.6 is 34.5 Å². The van der Waals surface area contributed by atoms with Crippen LogP contribution in [0.1, 0.15) is 22.8 Å². The molecule has 24 heavy (non-hydrogen) atoms. The standard InChI is InChI=1S/C15H11Cl2N3O3S/c1-15(13(22)19-14(23)20-15)7-3-2-4-8(5-7)18-12(21)9-6-10(16)24-11(9)17/h2-6H,1H3,(H,18,21)(H2,19,20,22,23). The molecular formula is C15H11Cl2N3O3S. The second-order valence-corrected chi connectivity index (χ2v) is 7.59. The highest BCUT2D eigenvalue weighted by molar-refractivity contribution is 7.20. The van der Waals surface area contributed by atoms with Crippen LogP contribution in [0.3, 0.4) is 0 Å². The number of hydrogen-bond acceptors (Lipinski definition) is 4. The van der Waals surface area contributed by atoms with Crippen LogP contribution in [-0.2, 0) is 10.3 Å². The third-order valence-corrected chi connectivity index (χ3v) is 5.13. The Balaban J connectivity index is 1.86. The number of carbonyl (C=O) groups excluding carboxylic acids is 3. The van der Waals surface area contributed by atoms with Crippen molar-refractivity contribution in [2.45, 2.75) is 12.5 Å². The molecule has 0 radical (unpaired) electrons. The molecule has 124 valence electrons. The fraction of sp³-hybridized carbons (Fsp3) is 0.133. The number of benzene rings is 1. The second-order valence-electron chi connectivity index (χ2n) is 5.31. The first-order valence-corrected chi connectivity index (χ1v) is 8.37. The Kier molecular flexibility index (Phi) is 4.25. The number of anilines is 1. The van der Waals surface area contributed by atoms with Gasteiger partial charge in [-0.2, -0.15) is 0 Å². The third kappa shape index (κ3) is 2.98. The Morgan fingerprint density at radius 1 is 1.25 bits per heavy atom. The minimum Gasteiger partial charge on any atom is -0.322 e. The summed E-state index contributed by atoms with van der Waals surface area (Å²) in [5.74, 6) is -0.867. The number of imide groups is 1. The maximum atomic E-state index is 12.3. The fourth-order valence-corrected chi connectivity index (χ4v) is 3.81. The molecule has 1 aromatic carbocycles. The van der Waals surface area contributed by atoms with E-state index in [1.54, 1.807) is 31.2 Å². The molecule has 1 saturated heterocycles. The summed E-state index contributed by atoms with van der Waals surface area (Å²) in [6.07, 6.45) is 0. The summed E-state index contributed by atoms with van der Waals surface area (Å²) in [6.45, 7) is 1.59. The van der Waals surface area contributed by atoms with Gasteiger partial charge >= 0.3 is 6.03 Å². The molecular weight excluding hydrogens is 373 g/mol. The molecule has 0 saturated carbocycles. The van der Waals surface area contributed by atoms with E-state index in [2.05, 4.69) is 16.0 Å².